The Morgan fingerprint density at radius 3 is 2.58 bits per heavy atom. The molecule has 0 saturated heterocycles. The maximum atomic E-state index is 12.8. The number of methoxy groups -OCH3 is 1. The van der Waals surface area contributed by atoms with Gasteiger partial charge >= 0.3 is 0 Å². The van der Waals surface area contributed by atoms with Crippen molar-refractivity contribution in [3.05, 3.63) is 75.5 Å². The number of para-hydroxylation sites is 1. The first kappa shape index (κ1) is 18.3. The van der Waals surface area contributed by atoms with Crippen LogP contribution in [0.15, 0.2) is 48.5 Å². The number of hydrogen-bond acceptors (Lipinski definition) is 3. The highest BCUT2D eigenvalue weighted by molar-refractivity contribution is 6.34. The Bertz CT molecular complexity index is 939. The topological polar surface area (TPSA) is 56.1 Å². The van der Waals surface area contributed by atoms with Crippen LogP contribution in [-0.4, -0.2) is 22.8 Å². The lowest BCUT2D eigenvalue weighted by molar-refractivity contribution is 0.102. The number of nitrogens with one attached hydrogen (secondary N) is 1. The van der Waals surface area contributed by atoms with Gasteiger partial charge in [-0.3, -0.25) is 4.79 Å². The summed E-state index contributed by atoms with van der Waals surface area (Å²) in [5, 5.41) is 7.88. The lowest BCUT2D eigenvalue weighted by Gasteiger charge is -2.11. The molecule has 0 aliphatic rings. The van der Waals surface area contributed by atoms with Crippen LogP contribution < -0.4 is 10.1 Å². The van der Waals surface area contributed by atoms with Crippen molar-refractivity contribution in [2.75, 3.05) is 12.4 Å². The minimum Gasteiger partial charge on any atom is -0.493 e. The highest BCUT2D eigenvalue weighted by Gasteiger charge is 2.22. The number of aryl methyl sites for hydroxylation is 1. The first-order chi connectivity index (χ1) is 12.5. The molecule has 7 heteroatoms. The number of aromatic nitrogens is 2. The third kappa shape index (κ3) is 3.69. The van der Waals surface area contributed by atoms with Gasteiger partial charge in [0.2, 0.25) is 0 Å². The molecular weight excluding hydrogens is 373 g/mol. The van der Waals surface area contributed by atoms with Crippen LogP contribution in [0.2, 0.25) is 10.2 Å². The van der Waals surface area contributed by atoms with Gasteiger partial charge in [0.1, 0.15) is 5.15 Å². The fourth-order valence-corrected chi connectivity index (χ4v) is 3.24. The van der Waals surface area contributed by atoms with Gasteiger partial charge in [-0.15, -0.1) is 0 Å². The Labute approximate surface area is 161 Å². The zero-order valence-electron chi connectivity index (χ0n) is 14.3. The summed E-state index contributed by atoms with van der Waals surface area (Å²) < 4.78 is 6.86. The number of halogens is 2. The summed E-state index contributed by atoms with van der Waals surface area (Å²) in [6.45, 7) is 2.23. The molecule has 0 bridgehead atoms. The van der Waals surface area contributed by atoms with Gasteiger partial charge in [0.15, 0.2) is 5.75 Å². The molecule has 134 valence electrons. The zero-order valence-corrected chi connectivity index (χ0v) is 15.8. The van der Waals surface area contributed by atoms with Gasteiger partial charge in [0, 0.05) is 0 Å². The van der Waals surface area contributed by atoms with E-state index in [-0.39, 0.29) is 11.1 Å². The molecule has 0 aliphatic heterocycles. The van der Waals surface area contributed by atoms with Crippen LogP contribution >= 0.6 is 23.2 Å². The SMILES string of the molecule is COc1c(Cl)cccc1NC(=O)c1c(C)nn(Cc2ccccc2)c1Cl. The van der Waals surface area contributed by atoms with E-state index >= 15 is 0 Å². The predicted molar refractivity (Wildman–Crippen MR) is 103 cm³/mol. The number of hydrogen-bond donors (Lipinski definition) is 1. The van der Waals surface area contributed by atoms with Gasteiger partial charge in [0.05, 0.1) is 35.6 Å². The molecule has 1 aromatic heterocycles. The van der Waals surface area contributed by atoms with Gasteiger partial charge in [0.25, 0.3) is 5.91 Å². The van der Waals surface area contributed by atoms with Crippen molar-refractivity contribution >= 4 is 34.8 Å². The smallest absolute Gasteiger partial charge is 0.260 e. The van der Waals surface area contributed by atoms with Crippen molar-refractivity contribution in [2.24, 2.45) is 0 Å². The second-order valence-corrected chi connectivity index (χ2v) is 6.43. The van der Waals surface area contributed by atoms with Crippen molar-refractivity contribution in [3.8, 4) is 5.75 Å². The molecule has 5 nitrogen and oxygen atoms in total. The highest BCUT2D eigenvalue weighted by Crippen LogP contribution is 2.33. The van der Waals surface area contributed by atoms with E-state index in [2.05, 4.69) is 10.4 Å². The Morgan fingerprint density at radius 2 is 1.88 bits per heavy atom. The van der Waals surface area contributed by atoms with Crippen molar-refractivity contribution in [1.82, 2.24) is 9.78 Å². The van der Waals surface area contributed by atoms with Crippen LogP contribution in [0, 0.1) is 6.92 Å². The molecule has 0 spiro atoms. The molecule has 1 amide bonds. The molecule has 3 aromatic rings. The Kier molecular flexibility index (Phi) is 5.49. The monoisotopic (exact) mass is 389 g/mol. The van der Waals surface area contributed by atoms with Crippen molar-refractivity contribution in [3.63, 3.8) is 0 Å². The average molecular weight is 390 g/mol. The number of carbonyl (C=O) groups is 1. The highest BCUT2D eigenvalue weighted by atomic mass is 35.5. The quantitative estimate of drug-likeness (QED) is 0.681. The molecule has 0 aliphatic carbocycles. The number of benzene rings is 2. The Hall–Kier alpha value is -2.50. The number of amides is 1. The number of nitrogens with zero attached hydrogens (tertiary/aromatic N) is 2. The van der Waals surface area contributed by atoms with Crippen LogP contribution in [-0.2, 0) is 6.54 Å². The molecule has 0 saturated carbocycles. The molecule has 3 rings (SSSR count). The number of rotatable bonds is 5. The van der Waals surface area contributed by atoms with Gasteiger partial charge in [-0.25, -0.2) is 4.68 Å². The molecule has 0 fully saturated rings. The van der Waals surface area contributed by atoms with E-state index in [1.54, 1.807) is 29.8 Å². The average Bonchev–Trinajstić information content (AvgIpc) is 2.89. The van der Waals surface area contributed by atoms with E-state index in [4.69, 9.17) is 27.9 Å². The van der Waals surface area contributed by atoms with Gasteiger partial charge in [-0.1, -0.05) is 59.6 Å². The number of ether oxygens (including phenoxy) is 1. The van der Waals surface area contributed by atoms with Crippen molar-refractivity contribution in [1.29, 1.82) is 0 Å². The maximum absolute atomic E-state index is 12.8. The maximum Gasteiger partial charge on any atom is 0.260 e. The minimum atomic E-state index is -0.368. The largest absolute Gasteiger partial charge is 0.493 e. The van der Waals surface area contributed by atoms with Gasteiger partial charge in [-0.2, -0.15) is 5.10 Å². The molecular formula is C19H17Cl2N3O2. The van der Waals surface area contributed by atoms with E-state index < -0.39 is 0 Å². The predicted octanol–water partition coefficient (Wildman–Crippen LogP) is 4.81. The third-order valence-corrected chi connectivity index (χ3v) is 4.57. The van der Waals surface area contributed by atoms with Gasteiger partial charge in [-0.05, 0) is 24.6 Å². The normalized spacial score (nSPS) is 10.6. The summed E-state index contributed by atoms with van der Waals surface area (Å²) in [6, 6.07) is 14.9. The standard InChI is InChI=1S/C19H17Cl2N3O2/c1-12-16(18(21)24(23-12)11-13-7-4-3-5-8-13)19(25)22-15-10-6-9-14(20)17(15)26-2/h3-10H,11H2,1-2H3,(H,22,25). The van der Waals surface area contributed by atoms with Crippen molar-refractivity contribution < 1.29 is 9.53 Å². The van der Waals surface area contributed by atoms with Crippen LogP contribution in [0.25, 0.3) is 0 Å². The lowest BCUT2D eigenvalue weighted by atomic mass is 10.2. The summed E-state index contributed by atoms with van der Waals surface area (Å²) in [5.74, 6) is 0.0281. The fraction of sp³-hybridized carbons (Fsp3) is 0.158. The Morgan fingerprint density at radius 1 is 1.15 bits per heavy atom. The first-order valence-corrected chi connectivity index (χ1v) is 8.67. The van der Waals surface area contributed by atoms with Crippen molar-refractivity contribution in [2.45, 2.75) is 13.5 Å². The van der Waals surface area contributed by atoms with E-state index in [0.29, 0.717) is 34.3 Å². The molecule has 1 heterocycles. The molecule has 1 N–H and O–H groups in total. The minimum absolute atomic E-state index is 0.282. The summed E-state index contributed by atoms with van der Waals surface area (Å²) in [7, 11) is 1.49. The van der Waals surface area contributed by atoms with Gasteiger partial charge < -0.3 is 10.1 Å². The lowest BCUT2D eigenvalue weighted by Crippen LogP contribution is -2.14. The van der Waals surface area contributed by atoms with E-state index in [1.807, 2.05) is 30.3 Å². The van der Waals surface area contributed by atoms with Crippen LogP contribution in [0.4, 0.5) is 5.69 Å². The number of anilines is 1. The summed E-state index contributed by atoms with van der Waals surface area (Å²) >= 11 is 12.5. The summed E-state index contributed by atoms with van der Waals surface area (Å²) in [6.07, 6.45) is 0. The first-order valence-electron chi connectivity index (χ1n) is 7.92. The van der Waals surface area contributed by atoms with Crippen LogP contribution in [0.3, 0.4) is 0 Å². The molecule has 0 atom stereocenters. The van der Waals surface area contributed by atoms with E-state index in [9.17, 15) is 4.79 Å². The summed E-state index contributed by atoms with van der Waals surface area (Å²) in [5.41, 5.74) is 2.38. The van der Waals surface area contributed by atoms with Crippen LogP contribution in [0.1, 0.15) is 21.6 Å². The fourth-order valence-electron chi connectivity index (χ4n) is 2.67. The zero-order chi connectivity index (χ0) is 18.7. The molecule has 26 heavy (non-hydrogen) atoms. The molecule has 0 radical (unpaired) electrons. The van der Waals surface area contributed by atoms with E-state index in [0.717, 1.165) is 5.56 Å². The third-order valence-electron chi connectivity index (χ3n) is 3.89. The molecule has 0 unspecified atom stereocenters. The number of carbonyl (C=O) groups excluding carboxylic acids is 1. The van der Waals surface area contributed by atoms with Crippen LogP contribution in [0.5, 0.6) is 5.75 Å². The second-order valence-electron chi connectivity index (χ2n) is 5.67. The molecule has 2 aromatic carbocycles. The van der Waals surface area contributed by atoms with E-state index in [1.165, 1.54) is 7.11 Å². The summed E-state index contributed by atoms with van der Waals surface area (Å²) in [4.78, 5) is 12.8. The second kappa shape index (κ2) is 7.81. The Balaban J connectivity index is 1.88.